The number of hydrogen-bond donors (Lipinski definition) is 1. The van der Waals surface area contributed by atoms with Crippen molar-refractivity contribution in [3.8, 4) is 0 Å². The third kappa shape index (κ3) is 3.98. The minimum atomic E-state index is 0.171. The first-order chi connectivity index (χ1) is 10.4. The molecule has 1 aliphatic carbocycles. The molecule has 1 saturated carbocycles. The zero-order valence-electron chi connectivity index (χ0n) is 12.6. The molecule has 2 nitrogen and oxygen atoms in total. The average molecular weight is 283 g/mol. The highest BCUT2D eigenvalue weighted by atomic mass is 16.3. The van der Waals surface area contributed by atoms with E-state index >= 15 is 0 Å². The highest BCUT2D eigenvalue weighted by Crippen LogP contribution is 2.27. The maximum atomic E-state index is 5.63. The van der Waals surface area contributed by atoms with Crippen LogP contribution in [0.15, 0.2) is 53.1 Å². The summed E-state index contributed by atoms with van der Waals surface area (Å²) in [4.78, 5) is 0. The summed E-state index contributed by atoms with van der Waals surface area (Å²) in [5, 5.41) is 3.69. The SMILES string of the molecule is c1ccc(C(NCCC2CCCCC2)c2ccco2)cc1. The standard InChI is InChI=1S/C19H25NO/c1-3-8-16(9-4-1)13-14-20-19(18-12-7-15-21-18)17-10-5-2-6-11-17/h2,5-7,10-12,15-16,19-20H,1,3-4,8-9,13-14H2. The highest BCUT2D eigenvalue weighted by Gasteiger charge is 2.18. The van der Waals surface area contributed by atoms with E-state index in [1.54, 1.807) is 6.26 Å². The molecule has 112 valence electrons. The van der Waals surface area contributed by atoms with Gasteiger partial charge in [0.05, 0.1) is 12.3 Å². The minimum Gasteiger partial charge on any atom is -0.467 e. The van der Waals surface area contributed by atoms with Gasteiger partial charge in [0.25, 0.3) is 0 Å². The quantitative estimate of drug-likeness (QED) is 0.813. The lowest BCUT2D eigenvalue weighted by atomic mass is 9.87. The monoisotopic (exact) mass is 283 g/mol. The number of hydrogen-bond acceptors (Lipinski definition) is 2. The van der Waals surface area contributed by atoms with Gasteiger partial charge in [-0.3, -0.25) is 0 Å². The van der Waals surface area contributed by atoms with E-state index in [2.05, 4.69) is 41.7 Å². The number of nitrogens with one attached hydrogen (secondary N) is 1. The van der Waals surface area contributed by atoms with Crippen molar-refractivity contribution in [1.29, 1.82) is 0 Å². The lowest BCUT2D eigenvalue weighted by molar-refractivity contribution is 0.327. The molecule has 0 spiro atoms. The molecular formula is C19H25NO. The predicted octanol–water partition coefficient (Wildman–Crippen LogP) is 4.93. The van der Waals surface area contributed by atoms with Crippen LogP contribution in [-0.4, -0.2) is 6.54 Å². The first-order valence-corrected chi connectivity index (χ1v) is 8.25. The predicted molar refractivity (Wildman–Crippen MR) is 86.2 cm³/mol. The molecular weight excluding hydrogens is 258 g/mol. The molecule has 1 N–H and O–H groups in total. The molecule has 0 radical (unpaired) electrons. The van der Waals surface area contributed by atoms with Gasteiger partial charge >= 0.3 is 0 Å². The van der Waals surface area contributed by atoms with E-state index in [1.165, 1.54) is 44.1 Å². The van der Waals surface area contributed by atoms with Gasteiger partial charge in [0.2, 0.25) is 0 Å². The minimum absolute atomic E-state index is 0.171. The molecule has 0 aliphatic heterocycles. The first-order valence-electron chi connectivity index (χ1n) is 8.25. The molecule has 1 aromatic carbocycles. The second kappa shape index (κ2) is 7.46. The highest BCUT2D eigenvalue weighted by molar-refractivity contribution is 5.26. The molecule has 1 fully saturated rings. The average Bonchev–Trinajstić information content (AvgIpc) is 3.07. The van der Waals surface area contributed by atoms with Gasteiger partial charge in [-0.05, 0) is 36.6 Å². The normalized spacial score (nSPS) is 17.7. The summed E-state index contributed by atoms with van der Waals surface area (Å²) < 4.78 is 5.63. The summed E-state index contributed by atoms with van der Waals surface area (Å²) >= 11 is 0. The fourth-order valence-electron chi connectivity index (χ4n) is 3.39. The third-order valence-corrected chi connectivity index (χ3v) is 4.59. The summed E-state index contributed by atoms with van der Waals surface area (Å²) in [5.74, 6) is 1.92. The van der Waals surface area contributed by atoms with Crippen LogP contribution >= 0.6 is 0 Å². The zero-order valence-corrected chi connectivity index (χ0v) is 12.6. The van der Waals surface area contributed by atoms with Crippen LogP contribution in [0.3, 0.4) is 0 Å². The molecule has 0 amide bonds. The fraction of sp³-hybridized carbons (Fsp3) is 0.474. The Morgan fingerprint density at radius 1 is 1.00 bits per heavy atom. The first kappa shape index (κ1) is 14.4. The number of benzene rings is 1. The Hall–Kier alpha value is -1.54. The van der Waals surface area contributed by atoms with Crippen molar-refractivity contribution in [3.63, 3.8) is 0 Å². The second-order valence-electron chi connectivity index (χ2n) is 6.11. The fourth-order valence-corrected chi connectivity index (χ4v) is 3.39. The maximum absolute atomic E-state index is 5.63. The largest absolute Gasteiger partial charge is 0.467 e. The van der Waals surface area contributed by atoms with Gasteiger partial charge in [0, 0.05) is 0 Å². The van der Waals surface area contributed by atoms with Gasteiger partial charge in [-0.2, -0.15) is 0 Å². The molecule has 1 heterocycles. The van der Waals surface area contributed by atoms with E-state index in [9.17, 15) is 0 Å². The van der Waals surface area contributed by atoms with Crippen molar-refractivity contribution in [3.05, 3.63) is 60.1 Å². The molecule has 1 aromatic heterocycles. The molecule has 1 unspecified atom stereocenters. The van der Waals surface area contributed by atoms with Crippen molar-refractivity contribution in [2.75, 3.05) is 6.54 Å². The summed E-state index contributed by atoms with van der Waals surface area (Å²) in [5.41, 5.74) is 1.27. The van der Waals surface area contributed by atoms with Crippen LogP contribution in [0.4, 0.5) is 0 Å². The number of rotatable bonds is 6. The molecule has 2 aromatic rings. The molecule has 21 heavy (non-hydrogen) atoms. The Morgan fingerprint density at radius 2 is 1.81 bits per heavy atom. The van der Waals surface area contributed by atoms with E-state index in [0.29, 0.717) is 0 Å². The third-order valence-electron chi connectivity index (χ3n) is 4.59. The van der Waals surface area contributed by atoms with Crippen LogP contribution in [0.1, 0.15) is 55.9 Å². The van der Waals surface area contributed by atoms with E-state index < -0.39 is 0 Å². The number of furan rings is 1. The summed E-state index contributed by atoms with van der Waals surface area (Å²) in [6.07, 6.45) is 10.1. The molecule has 1 atom stereocenters. The zero-order chi connectivity index (χ0) is 14.3. The summed E-state index contributed by atoms with van der Waals surface area (Å²) in [6, 6.07) is 14.8. The Bertz CT molecular complexity index is 500. The van der Waals surface area contributed by atoms with Crippen molar-refractivity contribution < 1.29 is 4.42 Å². The molecule has 2 heteroatoms. The molecule has 3 rings (SSSR count). The second-order valence-corrected chi connectivity index (χ2v) is 6.11. The van der Waals surface area contributed by atoms with Gasteiger partial charge in [-0.25, -0.2) is 0 Å². The van der Waals surface area contributed by atoms with Crippen LogP contribution < -0.4 is 5.32 Å². The van der Waals surface area contributed by atoms with Crippen LogP contribution in [0.5, 0.6) is 0 Å². The van der Waals surface area contributed by atoms with Gasteiger partial charge in [-0.15, -0.1) is 0 Å². The van der Waals surface area contributed by atoms with Crippen LogP contribution in [0.25, 0.3) is 0 Å². The van der Waals surface area contributed by atoms with E-state index in [4.69, 9.17) is 4.42 Å². The van der Waals surface area contributed by atoms with Crippen molar-refractivity contribution in [1.82, 2.24) is 5.32 Å². The van der Waals surface area contributed by atoms with E-state index in [0.717, 1.165) is 18.2 Å². The molecule has 0 saturated heterocycles. The van der Waals surface area contributed by atoms with Crippen molar-refractivity contribution in [2.24, 2.45) is 5.92 Å². The van der Waals surface area contributed by atoms with Crippen molar-refractivity contribution in [2.45, 2.75) is 44.6 Å². The van der Waals surface area contributed by atoms with E-state index in [-0.39, 0.29) is 6.04 Å². The van der Waals surface area contributed by atoms with E-state index in [1.807, 2.05) is 6.07 Å². The smallest absolute Gasteiger partial charge is 0.125 e. The summed E-state index contributed by atoms with van der Waals surface area (Å²) in [6.45, 7) is 1.06. The lowest BCUT2D eigenvalue weighted by Crippen LogP contribution is -2.25. The summed E-state index contributed by atoms with van der Waals surface area (Å²) in [7, 11) is 0. The topological polar surface area (TPSA) is 25.2 Å². The Kier molecular flexibility index (Phi) is 5.12. The van der Waals surface area contributed by atoms with Crippen LogP contribution in [-0.2, 0) is 0 Å². The van der Waals surface area contributed by atoms with Gasteiger partial charge < -0.3 is 9.73 Å². The van der Waals surface area contributed by atoms with Crippen LogP contribution in [0, 0.1) is 5.92 Å². The Morgan fingerprint density at radius 3 is 2.52 bits per heavy atom. The molecule has 0 bridgehead atoms. The molecule has 1 aliphatic rings. The van der Waals surface area contributed by atoms with Crippen molar-refractivity contribution >= 4 is 0 Å². The Balaban J connectivity index is 1.60. The van der Waals surface area contributed by atoms with Gasteiger partial charge in [-0.1, -0.05) is 62.4 Å². The van der Waals surface area contributed by atoms with Gasteiger partial charge in [0.1, 0.15) is 5.76 Å². The Labute approximate surface area is 127 Å². The van der Waals surface area contributed by atoms with Gasteiger partial charge in [0.15, 0.2) is 0 Å². The maximum Gasteiger partial charge on any atom is 0.125 e. The lowest BCUT2D eigenvalue weighted by Gasteiger charge is -2.23. The van der Waals surface area contributed by atoms with Crippen LogP contribution in [0.2, 0.25) is 0 Å².